The Bertz CT molecular complexity index is 1390. The Kier molecular flexibility index (Phi) is 3.80. The van der Waals surface area contributed by atoms with Crippen LogP contribution in [0.4, 0.5) is 0 Å². The fourth-order valence-electron chi connectivity index (χ4n) is 4.04. The van der Waals surface area contributed by atoms with Gasteiger partial charge in [0.05, 0.1) is 16.7 Å². The molecule has 0 spiro atoms. The highest BCUT2D eigenvalue weighted by Crippen LogP contribution is 2.35. The third kappa shape index (κ3) is 2.53. The van der Waals surface area contributed by atoms with E-state index in [-0.39, 0.29) is 0 Å². The van der Waals surface area contributed by atoms with Gasteiger partial charge in [0.15, 0.2) is 0 Å². The van der Waals surface area contributed by atoms with Crippen LogP contribution >= 0.6 is 0 Å². The van der Waals surface area contributed by atoms with Crippen LogP contribution in [0.1, 0.15) is 23.7 Å². The van der Waals surface area contributed by atoms with E-state index >= 15 is 0 Å². The van der Waals surface area contributed by atoms with Gasteiger partial charge in [-0.1, -0.05) is 48.5 Å². The Morgan fingerprint density at radius 3 is 2.32 bits per heavy atom. The van der Waals surface area contributed by atoms with Gasteiger partial charge in [0.2, 0.25) is 0 Å². The molecule has 5 rings (SSSR count). The van der Waals surface area contributed by atoms with Gasteiger partial charge in [0.25, 0.3) is 0 Å². The monoisotopic (exact) mass is 362 g/mol. The first-order valence-corrected chi connectivity index (χ1v) is 9.70. The van der Waals surface area contributed by atoms with E-state index in [1.807, 2.05) is 13.0 Å². The highest BCUT2D eigenvalue weighted by atomic mass is 15.1. The highest BCUT2D eigenvalue weighted by molar-refractivity contribution is 6.13. The minimum absolute atomic E-state index is 0.958. The third-order valence-electron chi connectivity index (χ3n) is 5.46. The number of hydrogen-bond donors (Lipinski definition) is 0. The predicted octanol–water partition coefficient (Wildman–Crippen LogP) is 6.98. The Hall–Kier alpha value is -3.39. The lowest BCUT2D eigenvalue weighted by molar-refractivity contribution is 1.06. The normalized spacial score (nSPS) is 12.0. The van der Waals surface area contributed by atoms with E-state index in [4.69, 9.17) is 4.98 Å². The number of nitrogens with zero attached hydrogens (tertiary/aromatic N) is 2. The molecule has 5 aromatic rings. The molecular formula is C26H22N2. The second-order valence-electron chi connectivity index (χ2n) is 7.44. The fourth-order valence-corrected chi connectivity index (χ4v) is 4.04. The summed E-state index contributed by atoms with van der Waals surface area (Å²) in [7, 11) is 0. The van der Waals surface area contributed by atoms with Gasteiger partial charge in [0, 0.05) is 10.8 Å². The lowest BCUT2D eigenvalue weighted by Gasteiger charge is -2.10. The molecule has 0 atom stereocenters. The molecule has 0 aliphatic heterocycles. The Morgan fingerprint density at radius 1 is 0.786 bits per heavy atom. The molecule has 0 bridgehead atoms. The van der Waals surface area contributed by atoms with Gasteiger partial charge in [-0.15, -0.1) is 0 Å². The summed E-state index contributed by atoms with van der Waals surface area (Å²) in [6.45, 7) is 6.28. The minimum atomic E-state index is 0.958. The highest BCUT2D eigenvalue weighted by Gasteiger charge is 2.15. The maximum Gasteiger partial charge on any atom is 0.138 e. The molecule has 0 N–H and O–H groups in total. The molecule has 2 nitrogen and oxygen atoms in total. The van der Waals surface area contributed by atoms with Gasteiger partial charge in [-0.25, -0.2) is 4.98 Å². The molecule has 3 aromatic carbocycles. The van der Waals surface area contributed by atoms with Crippen molar-refractivity contribution in [2.24, 2.45) is 0 Å². The first kappa shape index (κ1) is 16.8. The molecule has 2 heterocycles. The van der Waals surface area contributed by atoms with Gasteiger partial charge in [0.1, 0.15) is 5.82 Å². The van der Waals surface area contributed by atoms with Crippen LogP contribution in [0.3, 0.4) is 0 Å². The lowest BCUT2D eigenvalue weighted by atomic mass is 10.1. The Balaban J connectivity index is 1.94. The molecule has 2 heteroatoms. The molecule has 2 aromatic heterocycles. The first-order chi connectivity index (χ1) is 13.7. The van der Waals surface area contributed by atoms with E-state index in [1.165, 1.54) is 43.7 Å². The lowest BCUT2D eigenvalue weighted by Crippen LogP contribution is -2.00. The van der Waals surface area contributed by atoms with Crippen molar-refractivity contribution in [3.63, 3.8) is 0 Å². The summed E-state index contributed by atoms with van der Waals surface area (Å²) in [6.07, 6.45) is 4.12. The van der Waals surface area contributed by atoms with Gasteiger partial charge in [-0.3, -0.25) is 4.57 Å². The maximum absolute atomic E-state index is 4.99. The first-order valence-electron chi connectivity index (χ1n) is 9.70. The molecule has 0 aliphatic carbocycles. The minimum Gasteiger partial charge on any atom is -0.294 e. The molecule has 0 unspecified atom stereocenters. The van der Waals surface area contributed by atoms with Crippen LogP contribution in [0.25, 0.3) is 44.5 Å². The van der Waals surface area contributed by atoms with Crippen molar-refractivity contribution < 1.29 is 0 Å². The zero-order valence-corrected chi connectivity index (χ0v) is 16.4. The number of benzene rings is 3. The smallest absolute Gasteiger partial charge is 0.138 e. The van der Waals surface area contributed by atoms with Crippen molar-refractivity contribution in [3.8, 4) is 5.82 Å². The van der Waals surface area contributed by atoms with Crippen molar-refractivity contribution in [1.29, 1.82) is 0 Å². The van der Waals surface area contributed by atoms with Crippen molar-refractivity contribution in [3.05, 3.63) is 89.6 Å². The number of allylic oxidation sites excluding steroid dienone is 1. The van der Waals surface area contributed by atoms with Crippen LogP contribution in [-0.2, 0) is 0 Å². The quantitative estimate of drug-likeness (QED) is 0.331. The van der Waals surface area contributed by atoms with E-state index in [0.29, 0.717) is 0 Å². The van der Waals surface area contributed by atoms with Crippen molar-refractivity contribution in [2.75, 3.05) is 0 Å². The average molecular weight is 362 g/mol. The van der Waals surface area contributed by atoms with E-state index in [9.17, 15) is 0 Å². The van der Waals surface area contributed by atoms with Crippen molar-refractivity contribution >= 4 is 38.7 Å². The van der Waals surface area contributed by atoms with Crippen LogP contribution in [0.15, 0.2) is 72.8 Å². The number of aryl methyl sites for hydroxylation is 2. The molecule has 136 valence electrons. The van der Waals surface area contributed by atoms with Gasteiger partial charge in [-0.05, 0) is 73.0 Å². The van der Waals surface area contributed by atoms with E-state index in [2.05, 4.69) is 91.2 Å². The Labute approximate surface area is 164 Å². The summed E-state index contributed by atoms with van der Waals surface area (Å²) in [6, 6.07) is 24.1. The maximum atomic E-state index is 4.99. The second-order valence-corrected chi connectivity index (χ2v) is 7.44. The van der Waals surface area contributed by atoms with Crippen LogP contribution in [-0.4, -0.2) is 9.55 Å². The zero-order valence-electron chi connectivity index (χ0n) is 16.4. The summed E-state index contributed by atoms with van der Waals surface area (Å²) < 4.78 is 2.30. The van der Waals surface area contributed by atoms with Crippen LogP contribution in [0.5, 0.6) is 0 Å². The molecule has 0 amide bonds. The van der Waals surface area contributed by atoms with Crippen molar-refractivity contribution in [2.45, 2.75) is 20.8 Å². The van der Waals surface area contributed by atoms with Crippen LogP contribution in [0, 0.1) is 13.8 Å². The molecule has 0 saturated carbocycles. The predicted molar refractivity (Wildman–Crippen MR) is 120 cm³/mol. The average Bonchev–Trinajstić information content (AvgIpc) is 3.00. The third-order valence-corrected chi connectivity index (χ3v) is 5.46. The van der Waals surface area contributed by atoms with Crippen LogP contribution in [0.2, 0.25) is 0 Å². The molecule has 0 aliphatic rings. The fraction of sp³-hybridized carbons (Fsp3) is 0.115. The number of aromatic nitrogens is 2. The Morgan fingerprint density at radius 2 is 1.54 bits per heavy atom. The van der Waals surface area contributed by atoms with Crippen LogP contribution < -0.4 is 0 Å². The molecule has 0 saturated heterocycles. The molecular weight excluding hydrogens is 340 g/mol. The van der Waals surface area contributed by atoms with Gasteiger partial charge < -0.3 is 0 Å². The largest absolute Gasteiger partial charge is 0.294 e. The second kappa shape index (κ2) is 6.35. The molecule has 28 heavy (non-hydrogen) atoms. The summed E-state index contributed by atoms with van der Waals surface area (Å²) in [5.41, 5.74) is 5.85. The summed E-state index contributed by atoms with van der Waals surface area (Å²) in [4.78, 5) is 4.99. The topological polar surface area (TPSA) is 17.8 Å². The molecule has 0 fully saturated rings. The number of hydrogen-bond acceptors (Lipinski definition) is 1. The summed E-state index contributed by atoms with van der Waals surface area (Å²) in [5.74, 6) is 0.958. The summed E-state index contributed by atoms with van der Waals surface area (Å²) in [5, 5.41) is 5.04. The summed E-state index contributed by atoms with van der Waals surface area (Å²) >= 11 is 0. The van der Waals surface area contributed by atoms with Gasteiger partial charge >= 0.3 is 0 Å². The number of pyridine rings is 1. The molecule has 0 radical (unpaired) electrons. The van der Waals surface area contributed by atoms with E-state index in [1.54, 1.807) is 0 Å². The van der Waals surface area contributed by atoms with Crippen molar-refractivity contribution in [1.82, 2.24) is 9.55 Å². The SMILES string of the molecule is C/C=C\c1nc(-n2c3cc(C)ccc3c3cc4ccccc4cc32)ccc1C. The van der Waals surface area contributed by atoms with Gasteiger partial charge in [-0.2, -0.15) is 0 Å². The van der Waals surface area contributed by atoms with E-state index in [0.717, 1.165) is 11.5 Å². The van der Waals surface area contributed by atoms with E-state index < -0.39 is 0 Å². The standard InChI is InChI=1S/C26H22N2/c1-4-7-23-18(3)11-13-26(27-23)28-24-14-17(2)10-12-21(24)22-15-19-8-5-6-9-20(19)16-25(22)28/h4-16H,1-3H3/b7-4-. The number of fused-ring (bicyclic) bond motifs is 4. The number of rotatable bonds is 2. The zero-order chi connectivity index (χ0) is 19.3.